The third kappa shape index (κ3) is 3.73. The summed E-state index contributed by atoms with van der Waals surface area (Å²) in [5.74, 6) is 0.780. The first kappa shape index (κ1) is 17.1. The van der Waals surface area contributed by atoms with Gasteiger partial charge in [0.2, 0.25) is 0 Å². The molecule has 1 aliphatic rings. The number of benzene rings is 1. The molecule has 0 saturated heterocycles. The van der Waals surface area contributed by atoms with Crippen molar-refractivity contribution in [1.29, 1.82) is 0 Å². The average Bonchev–Trinajstić information content (AvgIpc) is 2.94. The Bertz CT molecular complexity index is 455. The molecule has 0 heterocycles. The summed E-state index contributed by atoms with van der Waals surface area (Å²) in [5.41, 5.74) is 5.05. The highest BCUT2D eigenvalue weighted by atomic mass is 79.9. The van der Waals surface area contributed by atoms with Crippen molar-refractivity contribution >= 4 is 15.9 Å². The monoisotopic (exact) mass is 350 g/mol. The van der Waals surface area contributed by atoms with Gasteiger partial charge in [-0.25, -0.2) is 0 Å². The van der Waals surface area contributed by atoms with Crippen LogP contribution in [0.25, 0.3) is 0 Å². The Morgan fingerprint density at radius 2 is 1.76 bits per heavy atom. The smallest absolute Gasteiger partial charge is 0.0454 e. The van der Waals surface area contributed by atoms with E-state index in [1.165, 1.54) is 43.2 Å². The highest BCUT2D eigenvalue weighted by Gasteiger charge is 2.41. The molecule has 1 fully saturated rings. The molecule has 1 aromatic rings. The number of halogens is 1. The van der Waals surface area contributed by atoms with Gasteiger partial charge >= 0.3 is 0 Å². The number of hydrogen-bond donors (Lipinski definition) is 0. The van der Waals surface area contributed by atoms with Gasteiger partial charge in [-0.15, -0.1) is 0 Å². The van der Waals surface area contributed by atoms with E-state index < -0.39 is 0 Å². The number of aryl methyl sites for hydroxylation is 2. The Kier molecular flexibility index (Phi) is 5.94. The van der Waals surface area contributed by atoms with Crippen molar-refractivity contribution in [3.8, 4) is 0 Å². The van der Waals surface area contributed by atoms with Crippen molar-refractivity contribution in [2.45, 2.75) is 77.5 Å². The summed E-state index contributed by atoms with van der Waals surface area (Å²) >= 11 is 4.15. The Hall–Kier alpha value is -0.300. The topological polar surface area (TPSA) is 0 Å². The van der Waals surface area contributed by atoms with Crippen molar-refractivity contribution < 1.29 is 0 Å². The van der Waals surface area contributed by atoms with Crippen molar-refractivity contribution in [2.24, 2.45) is 11.3 Å². The molecule has 118 valence electrons. The molecule has 1 unspecified atom stereocenters. The first-order valence-corrected chi connectivity index (χ1v) is 9.69. The van der Waals surface area contributed by atoms with Crippen LogP contribution in [-0.2, 0) is 12.8 Å². The van der Waals surface area contributed by atoms with E-state index in [0.717, 1.165) is 18.8 Å². The van der Waals surface area contributed by atoms with Gasteiger partial charge in [-0.1, -0.05) is 74.7 Å². The quantitative estimate of drug-likeness (QED) is 0.491. The summed E-state index contributed by atoms with van der Waals surface area (Å²) < 4.78 is 0. The SMILES string of the molecule is CCc1ccc(CC)c(C(Br)C2(CC(C)C)CCCC2)c1. The first-order valence-electron chi connectivity index (χ1n) is 8.78. The van der Waals surface area contributed by atoms with Crippen LogP contribution in [0.15, 0.2) is 18.2 Å². The molecular formula is C20H31Br. The van der Waals surface area contributed by atoms with Crippen LogP contribution >= 0.6 is 15.9 Å². The zero-order chi connectivity index (χ0) is 15.5. The molecule has 0 aliphatic heterocycles. The fourth-order valence-electron chi connectivity index (χ4n) is 4.21. The van der Waals surface area contributed by atoms with E-state index in [0.29, 0.717) is 10.2 Å². The van der Waals surface area contributed by atoms with Gasteiger partial charge in [0.05, 0.1) is 0 Å². The molecule has 1 atom stereocenters. The van der Waals surface area contributed by atoms with Crippen LogP contribution < -0.4 is 0 Å². The minimum Gasteiger partial charge on any atom is -0.0833 e. The second-order valence-corrected chi connectivity index (χ2v) is 8.19. The Morgan fingerprint density at radius 1 is 1.10 bits per heavy atom. The predicted octanol–water partition coefficient (Wildman–Crippen LogP) is 6.85. The van der Waals surface area contributed by atoms with Gasteiger partial charge in [-0.2, -0.15) is 0 Å². The third-order valence-corrected chi connectivity index (χ3v) is 6.69. The standard InChI is InChI=1S/C20H31Br/c1-5-16-9-10-17(6-2)18(13-16)19(21)20(14-15(3)4)11-7-8-12-20/h9-10,13,15,19H,5-8,11-12,14H2,1-4H3. The normalized spacial score (nSPS) is 19.1. The second kappa shape index (κ2) is 7.31. The highest BCUT2D eigenvalue weighted by molar-refractivity contribution is 9.09. The Morgan fingerprint density at radius 3 is 2.29 bits per heavy atom. The van der Waals surface area contributed by atoms with E-state index in [4.69, 9.17) is 0 Å². The van der Waals surface area contributed by atoms with E-state index in [9.17, 15) is 0 Å². The van der Waals surface area contributed by atoms with E-state index >= 15 is 0 Å². The van der Waals surface area contributed by atoms with Gasteiger partial charge in [0, 0.05) is 4.83 Å². The number of hydrogen-bond acceptors (Lipinski definition) is 0. The van der Waals surface area contributed by atoms with E-state index in [2.05, 4.69) is 61.8 Å². The summed E-state index contributed by atoms with van der Waals surface area (Å²) in [6.45, 7) is 9.30. The van der Waals surface area contributed by atoms with Crippen LogP contribution in [-0.4, -0.2) is 0 Å². The summed E-state index contributed by atoms with van der Waals surface area (Å²) in [5, 5.41) is 0. The summed E-state index contributed by atoms with van der Waals surface area (Å²) in [4.78, 5) is 0.524. The molecule has 0 aromatic heterocycles. The minimum absolute atomic E-state index is 0.477. The van der Waals surface area contributed by atoms with Crippen LogP contribution in [0.3, 0.4) is 0 Å². The van der Waals surface area contributed by atoms with Crippen LogP contribution in [0.5, 0.6) is 0 Å². The average molecular weight is 351 g/mol. The summed E-state index contributed by atoms with van der Waals surface area (Å²) in [6, 6.07) is 7.14. The summed E-state index contributed by atoms with van der Waals surface area (Å²) in [6.07, 6.45) is 9.21. The maximum atomic E-state index is 4.15. The molecule has 0 spiro atoms. The van der Waals surface area contributed by atoms with Gasteiger partial charge in [-0.05, 0) is 60.1 Å². The molecular weight excluding hydrogens is 320 g/mol. The van der Waals surface area contributed by atoms with E-state index in [-0.39, 0.29) is 0 Å². The maximum Gasteiger partial charge on any atom is 0.0454 e. The predicted molar refractivity (Wildman–Crippen MR) is 97.2 cm³/mol. The van der Waals surface area contributed by atoms with Crippen molar-refractivity contribution in [3.63, 3.8) is 0 Å². The highest BCUT2D eigenvalue weighted by Crippen LogP contribution is 2.56. The molecule has 0 N–H and O–H groups in total. The maximum absolute atomic E-state index is 4.15. The Labute approximate surface area is 139 Å². The van der Waals surface area contributed by atoms with Crippen molar-refractivity contribution in [3.05, 3.63) is 34.9 Å². The lowest BCUT2D eigenvalue weighted by atomic mass is 9.73. The zero-order valence-electron chi connectivity index (χ0n) is 14.2. The van der Waals surface area contributed by atoms with Crippen LogP contribution in [0, 0.1) is 11.3 Å². The summed E-state index contributed by atoms with van der Waals surface area (Å²) in [7, 11) is 0. The molecule has 0 radical (unpaired) electrons. The molecule has 2 rings (SSSR count). The second-order valence-electron chi connectivity index (χ2n) is 7.27. The molecule has 21 heavy (non-hydrogen) atoms. The lowest BCUT2D eigenvalue weighted by Crippen LogP contribution is -2.25. The van der Waals surface area contributed by atoms with Gasteiger partial charge < -0.3 is 0 Å². The van der Waals surface area contributed by atoms with Gasteiger partial charge in [-0.3, -0.25) is 0 Å². The van der Waals surface area contributed by atoms with Gasteiger partial charge in [0.15, 0.2) is 0 Å². The fraction of sp³-hybridized carbons (Fsp3) is 0.700. The number of rotatable bonds is 6. The van der Waals surface area contributed by atoms with Gasteiger partial charge in [0.1, 0.15) is 0 Å². The van der Waals surface area contributed by atoms with Crippen molar-refractivity contribution in [2.75, 3.05) is 0 Å². The fourth-order valence-corrected chi connectivity index (χ4v) is 5.28. The lowest BCUT2D eigenvalue weighted by molar-refractivity contribution is 0.229. The lowest BCUT2D eigenvalue weighted by Gasteiger charge is -2.37. The molecule has 1 aromatic carbocycles. The van der Waals surface area contributed by atoms with E-state index in [1.807, 2.05) is 0 Å². The van der Waals surface area contributed by atoms with Crippen molar-refractivity contribution in [1.82, 2.24) is 0 Å². The minimum atomic E-state index is 0.477. The molecule has 0 nitrogen and oxygen atoms in total. The van der Waals surface area contributed by atoms with Crippen LogP contribution in [0.2, 0.25) is 0 Å². The molecule has 1 saturated carbocycles. The molecule has 0 bridgehead atoms. The van der Waals surface area contributed by atoms with Crippen LogP contribution in [0.1, 0.15) is 81.3 Å². The third-order valence-electron chi connectivity index (χ3n) is 5.22. The van der Waals surface area contributed by atoms with Crippen LogP contribution in [0.4, 0.5) is 0 Å². The molecule has 1 heteroatoms. The molecule has 0 amide bonds. The van der Waals surface area contributed by atoms with Gasteiger partial charge in [0.25, 0.3) is 0 Å². The zero-order valence-corrected chi connectivity index (χ0v) is 15.8. The first-order chi connectivity index (χ1) is 10.0. The number of alkyl halides is 1. The Balaban J connectivity index is 2.38. The molecule has 1 aliphatic carbocycles. The van der Waals surface area contributed by atoms with E-state index in [1.54, 1.807) is 5.56 Å². The largest absolute Gasteiger partial charge is 0.0833 e.